The van der Waals surface area contributed by atoms with Crippen molar-refractivity contribution in [2.75, 3.05) is 0 Å². The molecule has 0 spiro atoms. The minimum absolute atomic E-state index is 0.134. The Balaban J connectivity index is 1.73. The second-order valence-corrected chi connectivity index (χ2v) is 5.25. The summed E-state index contributed by atoms with van der Waals surface area (Å²) in [7, 11) is 0. The van der Waals surface area contributed by atoms with Crippen LogP contribution in [0.3, 0.4) is 0 Å². The van der Waals surface area contributed by atoms with Gasteiger partial charge in [0.2, 0.25) is 0 Å². The Morgan fingerprint density at radius 3 is 2.76 bits per heavy atom. The monoisotopic (exact) mass is 236 g/mol. The Bertz CT molecular complexity index is 419. The maximum atomic E-state index is 13.7. The van der Waals surface area contributed by atoms with Crippen molar-refractivity contribution < 1.29 is 14.2 Å². The maximum Gasteiger partial charge on any atom is 0.165 e. The van der Waals surface area contributed by atoms with Crippen molar-refractivity contribution in [3.05, 3.63) is 29.6 Å². The number of aliphatic hydroxyl groups excluding tert-OH is 1. The SMILES string of the molecule is OCc1ccc(OC2CC3CCC2C3)c(F)c1. The standard InChI is InChI=1S/C14H17FO2/c15-12-6-10(8-16)2-4-13(12)17-14-7-9-1-3-11(14)5-9/h2,4,6,9,11,14,16H,1,3,5,7-8H2. The second-order valence-electron chi connectivity index (χ2n) is 5.25. The van der Waals surface area contributed by atoms with E-state index in [0.717, 1.165) is 12.3 Å². The summed E-state index contributed by atoms with van der Waals surface area (Å²) in [6.07, 6.45) is 5.07. The van der Waals surface area contributed by atoms with Gasteiger partial charge in [-0.1, -0.05) is 6.07 Å². The Labute approximate surface area is 100 Å². The molecule has 2 nitrogen and oxygen atoms in total. The van der Waals surface area contributed by atoms with Gasteiger partial charge < -0.3 is 9.84 Å². The molecule has 1 aromatic rings. The summed E-state index contributed by atoms with van der Waals surface area (Å²) in [6.45, 7) is -0.134. The highest BCUT2D eigenvalue weighted by atomic mass is 19.1. The number of rotatable bonds is 3. The Morgan fingerprint density at radius 1 is 1.29 bits per heavy atom. The van der Waals surface area contributed by atoms with E-state index < -0.39 is 0 Å². The van der Waals surface area contributed by atoms with E-state index in [1.807, 2.05) is 0 Å². The molecule has 0 heterocycles. The second kappa shape index (κ2) is 4.30. The van der Waals surface area contributed by atoms with Crippen molar-refractivity contribution in [3.63, 3.8) is 0 Å². The van der Waals surface area contributed by atoms with Crippen LogP contribution < -0.4 is 4.74 Å². The molecule has 2 saturated carbocycles. The van der Waals surface area contributed by atoms with Gasteiger partial charge in [0, 0.05) is 0 Å². The highest BCUT2D eigenvalue weighted by Gasteiger charge is 2.41. The fourth-order valence-corrected chi connectivity index (χ4v) is 3.23. The molecule has 2 aliphatic carbocycles. The highest BCUT2D eigenvalue weighted by molar-refractivity contribution is 5.29. The summed E-state index contributed by atoms with van der Waals surface area (Å²) < 4.78 is 19.5. The van der Waals surface area contributed by atoms with Crippen LogP contribution in [0.15, 0.2) is 18.2 Å². The van der Waals surface area contributed by atoms with Gasteiger partial charge in [-0.15, -0.1) is 0 Å². The van der Waals surface area contributed by atoms with Crippen LogP contribution in [0, 0.1) is 17.7 Å². The van der Waals surface area contributed by atoms with Crippen molar-refractivity contribution in [1.82, 2.24) is 0 Å². The van der Waals surface area contributed by atoms with Crippen LogP contribution in [0.25, 0.3) is 0 Å². The van der Waals surface area contributed by atoms with E-state index in [1.165, 1.54) is 25.3 Å². The van der Waals surface area contributed by atoms with E-state index in [4.69, 9.17) is 9.84 Å². The van der Waals surface area contributed by atoms with Gasteiger partial charge in [-0.25, -0.2) is 4.39 Å². The minimum atomic E-state index is -0.362. The predicted molar refractivity (Wildman–Crippen MR) is 62.2 cm³/mol. The van der Waals surface area contributed by atoms with Gasteiger partial charge in [0.1, 0.15) is 6.10 Å². The largest absolute Gasteiger partial charge is 0.487 e. The first-order chi connectivity index (χ1) is 8.26. The Hall–Kier alpha value is -1.09. The molecule has 3 heteroatoms. The van der Waals surface area contributed by atoms with Crippen LogP contribution in [0.4, 0.5) is 4.39 Å². The molecule has 1 N–H and O–H groups in total. The molecule has 0 saturated heterocycles. The van der Waals surface area contributed by atoms with Crippen molar-refractivity contribution >= 4 is 0 Å². The fraction of sp³-hybridized carbons (Fsp3) is 0.571. The van der Waals surface area contributed by atoms with E-state index in [1.54, 1.807) is 12.1 Å². The number of hydrogen-bond donors (Lipinski definition) is 1. The van der Waals surface area contributed by atoms with Gasteiger partial charge in [0.15, 0.2) is 11.6 Å². The van der Waals surface area contributed by atoms with Crippen molar-refractivity contribution in [1.29, 1.82) is 0 Å². The van der Waals surface area contributed by atoms with E-state index in [0.29, 0.717) is 17.2 Å². The quantitative estimate of drug-likeness (QED) is 0.874. The minimum Gasteiger partial charge on any atom is -0.487 e. The van der Waals surface area contributed by atoms with Crippen LogP contribution >= 0.6 is 0 Å². The van der Waals surface area contributed by atoms with Gasteiger partial charge in [-0.05, 0) is 55.2 Å². The van der Waals surface area contributed by atoms with Crippen molar-refractivity contribution in [2.45, 2.75) is 38.4 Å². The number of fused-ring (bicyclic) bond motifs is 2. The van der Waals surface area contributed by atoms with Crippen molar-refractivity contribution in [2.24, 2.45) is 11.8 Å². The number of halogens is 1. The molecule has 3 atom stereocenters. The topological polar surface area (TPSA) is 29.5 Å². The maximum absolute atomic E-state index is 13.7. The van der Waals surface area contributed by atoms with Crippen LogP contribution in [-0.4, -0.2) is 11.2 Å². The lowest BCUT2D eigenvalue weighted by Gasteiger charge is -2.23. The molecule has 3 unspecified atom stereocenters. The van der Waals surface area contributed by atoms with E-state index in [-0.39, 0.29) is 18.5 Å². The zero-order valence-corrected chi connectivity index (χ0v) is 9.73. The lowest BCUT2D eigenvalue weighted by molar-refractivity contribution is 0.132. The molecule has 1 aromatic carbocycles. The summed E-state index contributed by atoms with van der Waals surface area (Å²) in [6, 6.07) is 4.70. The summed E-state index contributed by atoms with van der Waals surface area (Å²) >= 11 is 0. The average Bonchev–Trinajstić information content (AvgIpc) is 2.93. The lowest BCUT2D eigenvalue weighted by atomic mass is 9.98. The van der Waals surface area contributed by atoms with E-state index in [2.05, 4.69) is 0 Å². The number of aliphatic hydroxyl groups is 1. The summed E-state index contributed by atoms with van der Waals surface area (Å²) in [5.74, 6) is 1.39. The molecule has 2 aliphatic rings. The molecule has 0 radical (unpaired) electrons. The van der Waals surface area contributed by atoms with Crippen LogP contribution in [-0.2, 0) is 6.61 Å². The lowest BCUT2D eigenvalue weighted by Crippen LogP contribution is -2.23. The normalized spacial score (nSPS) is 30.8. The zero-order chi connectivity index (χ0) is 11.8. The third-order valence-electron chi connectivity index (χ3n) is 4.13. The zero-order valence-electron chi connectivity index (χ0n) is 9.73. The molecule has 3 rings (SSSR count). The first-order valence-corrected chi connectivity index (χ1v) is 6.32. The third-order valence-corrected chi connectivity index (χ3v) is 4.13. The van der Waals surface area contributed by atoms with E-state index >= 15 is 0 Å². The Kier molecular flexibility index (Phi) is 2.79. The fourth-order valence-electron chi connectivity index (χ4n) is 3.23. The summed E-state index contributed by atoms with van der Waals surface area (Å²) in [5, 5.41) is 8.92. The molecular formula is C14H17FO2. The molecule has 2 fully saturated rings. The van der Waals surface area contributed by atoms with Crippen LogP contribution in [0.5, 0.6) is 5.75 Å². The van der Waals surface area contributed by atoms with Gasteiger partial charge in [-0.3, -0.25) is 0 Å². The summed E-state index contributed by atoms with van der Waals surface area (Å²) in [4.78, 5) is 0. The third kappa shape index (κ3) is 2.04. The summed E-state index contributed by atoms with van der Waals surface area (Å²) in [5.41, 5.74) is 0.586. The Morgan fingerprint density at radius 2 is 2.18 bits per heavy atom. The number of ether oxygens (including phenoxy) is 1. The molecule has 2 bridgehead atoms. The number of hydrogen-bond acceptors (Lipinski definition) is 2. The number of benzene rings is 1. The van der Waals surface area contributed by atoms with Gasteiger partial charge >= 0.3 is 0 Å². The predicted octanol–water partition coefficient (Wildman–Crippen LogP) is 2.89. The highest BCUT2D eigenvalue weighted by Crippen LogP contribution is 2.46. The molecule has 92 valence electrons. The van der Waals surface area contributed by atoms with Gasteiger partial charge in [0.25, 0.3) is 0 Å². The first kappa shape index (κ1) is 11.0. The van der Waals surface area contributed by atoms with Gasteiger partial charge in [-0.2, -0.15) is 0 Å². The average molecular weight is 236 g/mol. The molecule has 0 amide bonds. The molecular weight excluding hydrogens is 219 g/mol. The van der Waals surface area contributed by atoms with E-state index in [9.17, 15) is 4.39 Å². The molecule has 0 aliphatic heterocycles. The van der Waals surface area contributed by atoms with Crippen LogP contribution in [0.2, 0.25) is 0 Å². The molecule has 17 heavy (non-hydrogen) atoms. The van der Waals surface area contributed by atoms with Gasteiger partial charge in [0.05, 0.1) is 6.61 Å². The first-order valence-electron chi connectivity index (χ1n) is 6.32. The smallest absolute Gasteiger partial charge is 0.165 e. The van der Waals surface area contributed by atoms with Crippen molar-refractivity contribution in [3.8, 4) is 5.75 Å². The van der Waals surface area contributed by atoms with Crippen LogP contribution in [0.1, 0.15) is 31.2 Å². The molecule has 0 aromatic heterocycles.